The fourth-order valence-electron chi connectivity index (χ4n) is 1.83. The van der Waals surface area contributed by atoms with Gasteiger partial charge in [-0.1, -0.05) is 0 Å². The Balaban J connectivity index is 2.41. The second kappa shape index (κ2) is 5.07. The summed E-state index contributed by atoms with van der Waals surface area (Å²) in [5.41, 5.74) is 5.72. The van der Waals surface area contributed by atoms with E-state index in [0.717, 1.165) is 25.9 Å². The van der Waals surface area contributed by atoms with Gasteiger partial charge in [-0.25, -0.2) is 0 Å². The average Bonchev–Trinajstić information content (AvgIpc) is 2.18. The SMILES string of the molecule is CN=C(N)N1CCCC(CCO)C1. The number of guanidine groups is 1. The number of aliphatic hydroxyl groups is 1. The fourth-order valence-corrected chi connectivity index (χ4v) is 1.83. The van der Waals surface area contributed by atoms with Gasteiger partial charge in [-0.15, -0.1) is 0 Å². The van der Waals surface area contributed by atoms with Crippen LogP contribution in [0.4, 0.5) is 0 Å². The highest BCUT2D eigenvalue weighted by Gasteiger charge is 2.20. The maximum Gasteiger partial charge on any atom is 0.190 e. The zero-order valence-electron chi connectivity index (χ0n) is 8.24. The van der Waals surface area contributed by atoms with Gasteiger partial charge in [0.1, 0.15) is 0 Å². The van der Waals surface area contributed by atoms with E-state index in [-0.39, 0.29) is 6.61 Å². The molecular weight excluding hydrogens is 166 g/mol. The van der Waals surface area contributed by atoms with Gasteiger partial charge in [-0.2, -0.15) is 0 Å². The van der Waals surface area contributed by atoms with E-state index in [1.54, 1.807) is 7.05 Å². The van der Waals surface area contributed by atoms with E-state index >= 15 is 0 Å². The molecule has 0 aromatic carbocycles. The molecule has 1 unspecified atom stereocenters. The third-order valence-corrected chi connectivity index (χ3v) is 2.61. The zero-order valence-corrected chi connectivity index (χ0v) is 8.24. The number of hydrogen-bond acceptors (Lipinski definition) is 2. The lowest BCUT2D eigenvalue weighted by Gasteiger charge is -2.33. The van der Waals surface area contributed by atoms with E-state index in [0.29, 0.717) is 11.9 Å². The third-order valence-electron chi connectivity index (χ3n) is 2.61. The minimum Gasteiger partial charge on any atom is -0.396 e. The summed E-state index contributed by atoms with van der Waals surface area (Å²) in [5.74, 6) is 1.21. The predicted molar refractivity (Wildman–Crippen MR) is 53.5 cm³/mol. The van der Waals surface area contributed by atoms with Crippen molar-refractivity contribution in [2.45, 2.75) is 19.3 Å². The van der Waals surface area contributed by atoms with Crippen molar-refractivity contribution in [3.05, 3.63) is 0 Å². The summed E-state index contributed by atoms with van der Waals surface area (Å²) in [6, 6.07) is 0. The van der Waals surface area contributed by atoms with E-state index in [1.165, 1.54) is 6.42 Å². The summed E-state index contributed by atoms with van der Waals surface area (Å²) in [6.07, 6.45) is 3.24. The maximum atomic E-state index is 8.82. The van der Waals surface area contributed by atoms with Gasteiger partial charge in [-0.3, -0.25) is 4.99 Å². The monoisotopic (exact) mass is 185 g/mol. The number of nitrogens with zero attached hydrogens (tertiary/aromatic N) is 2. The second-order valence-corrected chi connectivity index (χ2v) is 3.55. The zero-order chi connectivity index (χ0) is 9.68. The quantitative estimate of drug-likeness (QED) is 0.471. The van der Waals surface area contributed by atoms with Gasteiger partial charge >= 0.3 is 0 Å². The van der Waals surface area contributed by atoms with Crippen LogP contribution in [-0.2, 0) is 0 Å². The highest BCUT2D eigenvalue weighted by atomic mass is 16.3. The molecule has 1 atom stereocenters. The Kier molecular flexibility index (Phi) is 4.02. The molecule has 4 nitrogen and oxygen atoms in total. The minimum absolute atomic E-state index is 0.279. The normalized spacial score (nSPS) is 24.9. The van der Waals surface area contributed by atoms with E-state index in [9.17, 15) is 0 Å². The molecule has 0 aliphatic carbocycles. The smallest absolute Gasteiger partial charge is 0.190 e. The van der Waals surface area contributed by atoms with Gasteiger partial charge < -0.3 is 15.7 Å². The largest absolute Gasteiger partial charge is 0.396 e. The van der Waals surface area contributed by atoms with Crippen molar-refractivity contribution < 1.29 is 5.11 Å². The van der Waals surface area contributed by atoms with E-state index in [4.69, 9.17) is 10.8 Å². The van der Waals surface area contributed by atoms with E-state index in [2.05, 4.69) is 9.89 Å². The molecule has 1 heterocycles. The van der Waals surface area contributed by atoms with Crippen LogP contribution in [-0.4, -0.2) is 42.7 Å². The van der Waals surface area contributed by atoms with Crippen LogP contribution in [0.2, 0.25) is 0 Å². The van der Waals surface area contributed by atoms with Gasteiger partial charge in [0.15, 0.2) is 5.96 Å². The third kappa shape index (κ3) is 2.88. The Hall–Kier alpha value is -0.770. The van der Waals surface area contributed by atoms with Crippen molar-refractivity contribution in [2.24, 2.45) is 16.6 Å². The van der Waals surface area contributed by atoms with Crippen LogP contribution < -0.4 is 5.73 Å². The molecule has 0 aromatic heterocycles. The first-order valence-electron chi connectivity index (χ1n) is 4.86. The summed E-state index contributed by atoms with van der Waals surface area (Å²) in [5, 5.41) is 8.82. The van der Waals surface area contributed by atoms with Gasteiger partial charge in [0.05, 0.1) is 0 Å². The van der Waals surface area contributed by atoms with Crippen molar-refractivity contribution in [3.8, 4) is 0 Å². The van der Waals surface area contributed by atoms with Crippen molar-refractivity contribution in [1.29, 1.82) is 0 Å². The molecule has 0 amide bonds. The molecule has 0 bridgehead atoms. The molecule has 3 N–H and O–H groups in total. The van der Waals surface area contributed by atoms with Crippen molar-refractivity contribution in [1.82, 2.24) is 4.90 Å². The Morgan fingerprint density at radius 1 is 1.69 bits per heavy atom. The molecule has 0 aromatic rings. The topological polar surface area (TPSA) is 61.8 Å². The number of piperidine rings is 1. The summed E-state index contributed by atoms with van der Waals surface area (Å²) in [4.78, 5) is 6.07. The van der Waals surface area contributed by atoms with Gasteiger partial charge in [-0.05, 0) is 25.2 Å². The second-order valence-electron chi connectivity index (χ2n) is 3.55. The Morgan fingerprint density at radius 2 is 2.46 bits per heavy atom. The summed E-state index contributed by atoms with van der Waals surface area (Å²) < 4.78 is 0. The van der Waals surface area contributed by atoms with Crippen LogP contribution in [0.5, 0.6) is 0 Å². The van der Waals surface area contributed by atoms with Gasteiger partial charge in [0.25, 0.3) is 0 Å². The van der Waals surface area contributed by atoms with Gasteiger partial charge in [0.2, 0.25) is 0 Å². The summed E-state index contributed by atoms with van der Waals surface area (Å²) in [6.45, 7) is 2.23. The van der Waals surface area contributed by atoms with Crippen LogP contribution >= 0.6 is 0 Å². The predicted octanol–water partition coefficient (Wildman–Crippen LogP) is 0.0253. The molecule has 13 heavy (non-hydrogen) atoms. The Bertz CT molecular complexity index is 180. The molecule has 76 valence electrons. The summed E-state index contributed by atoms with van der Waals surface area (Å²) in [7, 11) is 1.71. The van der Waals surface area contributed by atoms with Crippen LogP contribution in [0.1, 0.15) is 19.3 Å². The molecule has 0 saturated carbocycles. The van der Waals surface area contributed by atoms with Crippen LogP contribution in [0.15, 0.2) is 4.99 Å². The lowest BCUT2D eigenvalue weighted by Crippen LogP contribution is -2.44. The number of nitrogens with two attached hydrogens (primary N) is 1. The van der Waals surface area contributed by atoms with E-state index < -0.39 is 0 Å². The Morgan fingerprint density at radius 3 is 3.08 bits per heavy atom. The lowest BCUT2D eigenvalue weighted by molar-refractivity contribution is 0.197. The van der Waals surface area contributed by atoms with Gasteiger partial charge in [0, 0.05) is 26.7 Å². The maximum absolute atomic E-state index is 8.82. The molecule has 0 spiro atoms. The molecule has 0 radical (unpaired) electrons. The molecule has 1 aliphatic heterocycles. The standard InChI is InChI=1S/C9H19N3O/c1-11-9(10)12-5-2-3-8(7-12)4-6-13/h8,13H,2-7H2,1H3,(H2,10,11). The Labute approximate surface area is 79.4 Å². The van der Waals surface area contributed by atoms with Crippen molar-refractivity contribution in [3.63, 3.8) is 0 Å². The molecule has 1 rings (SSSR count). The van der Waals surface area contributed by atoms with Crippen molar-refractivity contribution >= 4 is 5.96 Å². The first-order chi connectivity index (χ1) is 6.27. The lowest BCUT2D eigenvalue weighted by atomic mass is 9.95. The number of aliphatic hydroxyl groups excluding tert-OH is 1. The molecule has 1 fully saturated rings. The number of aliphatic imine (C=N–C) groups is 1. The number of rotatable bonds is 2. The molecular formula is C9H19N3O. The molecule has 1 saturated heterocycles. The molecule has 1 aliphatic rings. The van der Waals surface area contributed by atoms with Crippen LogP contribution in [0.25, 0.3) is 0 Å². The fraction of sp³-hybridized carbons (Fsp3) is 0.889. The first kappa shape index (κ1) is 10.3. The van der Waals surface area contributed by atoms with E-state index in [1.807, 2.05) is 0 Å². The average molecular weight is 185 g/mol. The number of hydrogen-bond donors (Lipinski definition) is 2. The summed E-state index contributed by atoms with van der Waals surface area (Å²) >= 11 is 0. The highest BCUT2D eigenvalue weighted by Crippen LogP contribution is 2.18. The van der Waals surface area contributed by atoms with Crippen molar-refractivity contribution in [2.75, 3.05) is 26.7 Å². The minimum atomic E-state index is 0.279. The van der Waals surface area contributed by atoms with Crippen LogP contribution in [0.3, 0.4) is 0 Å². The number of likely N-dealkylation sites (tertiary alicyclic amines) is 1. The molecule has 4 heteroatoms. The van der Waals surface area contributed by atoms with Crippen LogP contribution in [0, 0.1) is 5.92 Å². The highest BCUT2D eigenvalue weighted by molar-refractivity contribution is 5.77. The first-order valence-corrected chi connectivity index (χ1v) is 4.86.